The lowest BCUT2D eigenvalue weighted by molar-refractivity contribution is -0.150. The van der Waals surface area contributed by atoms with E-state index in [-0.39, 0.29) is 6.61 Å². The van der Waals surface area contributed by atoms with Crippen LogP contribution in [0.15, 0.2) is 34.9 Å². The van der Waals surface area contributed by atoms with Crippen LogP contribution in [-0.2, 0) is 16.1 Å². The lowest BCUT2D eigenvalue weighted by Crippen LogP contribution is -2.19. The van der Waals surface area contributed by atoms with Gasteiger partial charge in [-0.2, -0.15) is 0 Å². The molecule has 6 heteroatoms. The molecule has 0 amide bonds. The number of hydrogen-bond donors (Lipinski definition) is 1. The quantitative estimate of drug-likeness (QED) is 0.912. The van der Waals surface area contributed by atoms with Gasteiger partial charge in [0.05, 0.1) is 6.20 Å². The smallest absolute Gasteiger partial charge is 0.332 e. The predicted octanol–water partition coefficient (Wildman–Crippen LogP) is 2.98. The molecule has 0 aliphatic carbocycles. The van der Waals surface area contributed by atoms with Crippen molar-refractivity contribution in [1.29, 1.82) is 0 Å². The number of nitrogens with zero attached hydrogens (tertiary/aromatic N) is 1. The molecule has 2 rings (SSSR count). The second-order valence-electron chi connectivity index (χ2n) is 3.92. The van der Waals surface area contributed by atoms with E-state index < -0.39 is 12.1 Å². The maximum atomic E-state index is 10.6. The zero-order chi connectivity index (χ0) is 13.8. The topological polar surface area (TPSA) is 72.6 Å². The molecule has 0 radical (unpaired) electrons. The maximum absolute atomic E-state index is 10.6. The Hall–Kier alpha value is -1.85. The first kappa shape index (κ1) is 13.6. The largest absolute Gasteiger partial charge is 0.479 e. The minimum Gasteiger partial charge on any atom is -0.479 e. The number of benzene rings is 1. The monoisotopic (exact) mass is 281 g/mol. The van der Waals surface area contributed by atoms with Crippen molar-refractivity contribution in [3.05, 3.63) is 41.4 Å². The van der Waals surface area contributed by atoms with Gasteiger partial charge in [0, 0.05) is 10.6 Å². The average Bonchev–Trinajstić information content (AvgIpc) is 2.85. The molecule has 19 heavy (non-hydrogen) atoms. The van der Waals surface area contributed by atoms with Crippen molar-refractivity contribution in [2.24, 2.45) is 0 Å². The standard InChI is InChI=1S/C13H12ClNO4/c1-8(13(16)17)18-7-12-15-6-11(19-12)9-2-4-10(14)5-3-9/h2-6,8H,7H2,1H3,(H,16,17)/t8-/m1/s1. The summed E-state index contributed by atoms with van der Waals surface area (Å²) in [6, 6.07) is 7.13. The Morgan fingerprint density at radius 3 is 2.79 bits per heavy atom. The number of carboxylic acid groups (broad SMARTS) is 1. The Labute approximate surface area is 114 Å². The second kappa shape index (κ2) is 5.86. The van der Waals surface area contributed by atoms with Crippen molar-refractivity contribution in [3.8, 4) is 11.3 Å². The first-order chi connectivity index (χ1) is 9.06. The molecule has 0 fully saturated rings. The van der Waals surface area contributed by atoms with E-state index in [0.29, 0.717) is 16.7 Å². The minimum atomic E-state index is -1.02. The van der Waals surface area contributed by atoms with Gasteiger partial charge in [-0.15, -0.1) is 0 Å². The molecule has 1 atom stereocenters. The molecule has 0 unspecified atom stereocenters. The highest BCUT2D eigenvalue weighted by Crippen LogP contribution is 2.22. The van der Waals surface area contributed by atoms with Crippen LogP contribution in [0, 0.1) is 0 Å². The Morgan fingerprint density at radius 1 is 1.47 bits per heavy atom. The molecule has 2 aromatic rings. The summed E-state index contributed by atoms with van der Waals surface area (Å²) in [4.78, 5) is 14.6. The highest BCUT2D eigenvalue weighted by atomic mass is 35.5. The van der Waals surface area contributed by atoms with Crippen LogP contribution in [0.5, 0.6) is 0 Å². The fraction of sp³-hybridized carbons (Fsp3) is 0.231. The van der Waals surface area contributed by atoms with Gasteiger partial charge in [0.25, 0.3) is 0 Å². The molecular weight excluding hydrogens is 270 g/mol. The van der Waals surface area contributed by atoms with Gasteiger partial charge in [-0.1, -0.05) is 11.6 Å². The number of hydrogen-bond acceptors (Lipinski definition) is 4. The molecule has 0 aliphatic heterocycles. The van der Waals surface area contributed by atoms with E-state index in [0.717, 1.165) is 5.56 Å². The number of rotatable bonds is 5. The third-order valence-corrected chi connectivity index (χ3v) is 2.74. The van der Waals surface area contributed by atoms with Crippen LogP contribution >= 0.6 is 11.6 Å². The summed E-state index contributed by atoms with van der Waals surface area (Å²) in [6.45, 7) is 1.46. The number of ether oxygens (including phenoxy) is 1. The Balaban J connectivity index is 2.03. The molecule has 0 saturated carbocycles. The number of carbonyl (C=O) groups is 1. The zero-order valence-electron chi connectivity index (χ0n) is 10.2. The lowest BCUT2D eigenvalue weighted by Gasteiger charge is -2.05. The molecule has 100 valence electrons. The average molecular weight is 282 g/mol. The van der Waals surface area contributed by atoms with Crippen molar-refractivity contribution in [1.82, 2.24) is 4.98 Å². The van der Waals surface area contributed by atoms with Gasteiger partial charge in [0.15, 0.2) is 11.9 Å². The first-order valence-corrected chi connectivity index (χ1v) is 5.99. The van der Waals surface area contributed by atoms with Gasteiger partial charge in [-0.25, -0.2) is 9.78 Å². The van der Waals surface area contributed by atoms with E-state index in [2.05, 4.69) is 4.98 Å². The molecule has 0 aliphatic rings. The zero-order valence-corrected chi connectivity index (χ0v) is 10.9. The summed E-state index contributed by atoms with van der Waals surface area (Å²) in [6.07, 6.45) is 0.666. The molecule has 1 aromatic heterocycles. The van der Waals surface area contributed by atoms with Crippen LogP contribution in [-0.4, -0.2) is 22.2 Å². The van der Waals surface area contributed by atoms with Crippen molar-refractivity contribution >= 4 is 17.6 Å². The van der Waals surface area contributed by atoms with Crippen LogP contribution < -0.4 is 0 Å². The lowest BCUT2D eigenvalue weighted by atomic mass is 10.2. The Kier molecular flexibility index (Phi) is 4.19. The SMILES string of the molecule is C[C@@H](OCc1ncc(-c2ccc(Cl)cc2)o1)C(=O)O. The highest BCUT2D eigenvalue weighted by Gasteiger charge is 2.13. The molecule has 0 bridgehead atoms. The van der Waals surface area contributed by atoms with E-state index >= 15 is 0 Å². The van der Waals surface area contributed by atoms with Crippen molar-refractivity contribution in [3.63, 3.8) is 0 Å². The second-order valence-corrected chi connectivity index (χ2v) is 4.35. The van der Waals surface area contributed by atoms with Gasteiger partial charge >= 0.3 is 5.97 Å². The third-order valence-electron chi connectivity index (χ3n) is 2.49. The summed E-state index contributed by atoms with van der Waals surface area (Å²) < 4.78 is 10.5. The number of halogens is 1. The molecule has 0 saturated heterocycles. The Bertz CT molecular complexity index is 564. The predicted molar refractivity (Wildman–Crippen MR) is 68.8 cm³/mol. The van der Waals surface area contributed by atoms with Gasteiger partial charge in [-0.05, 0) is 31.2 Å². The van der Waals surface area contributed by atoms with Gasteiger partial charge < -0.3 is 14.3 Å². The molecule has 1 aromatic carbocycles. The first-order valence-electron chi connectivity index (χ1n) is 5.61. The molecule has 1 heterocycles. The van der Waals surface area contributed by atoms with E-state index in [4.69, 9.17) is 25.9 Å². The van der Waals surface area contributed by atoms with Crippen molar-refractivity contribution in [2.75, 3.05) is 0 Å². The van der Waals surface area contributed by atoms with E-state index in [9.17, 15) is 4.79 Å². The van der Waals surface area contributed by atoms with Gasteiger partial charge in [0.2, 0.25) is 5.89 Å². The van der Waals surface area contributed by atoms with Gasteiger partial charge in [-0.3, -0.25) is 0 Å². The number of aromatic nitrogens is 1. The summed E-state index contributed by atoms with van der Waals surface area (Å²) in [5.74, 6) is -0.110. The van der Waals surface area contributed by atoms with Gasteiger partial charge in [0.1, 0.15) is 6.61 Å². The Morgan fingerprint density at radius 2 is 2.16 bits per heavy atom. The van der Waals surface area contributed by atoms with E-state index in [1.807, 2.05) is 12.1 Å². The van der Waals surface area contributed by atoms with Crippen LogP contribution in [0.25, 0.3) is 11.3 Å². The molecule has 5 nitrogen and oxygen atoms in total. The van der Waals surface area contributed by atoms with Crippen molar-refractivity contribution < 1.29 is 19.1 Å². The minimum absolute atomic E-state index is 0.0149. The summed E-state index contributed by atoms with van der Waals surface area (Å²) in [5, 5.41) is 9.32. The fourth-order valence-electron chi connectivity index (χ4n) is 1.39. The van der Waals surface area contributed by atoms with Crippen LogP contribution in [0.4, 0.5) is 0 Å². The molecule has 0 spiro atoms. The van der Waals surface area contributed by atoms with Crippen molar-refractivity contribution in [2.45, 2.75) is 19.6 Å². The molecular formula is C13H12ClNO4. The summed E-state index contributed by atoms with van der Waals surface area (Å²) in [7, 11) is 0. The van der Waals surface area contributed by atoms with Crippen LogP contribution in [0.3, 0.4) is 0 Å². The number of oxazole rings is 1. The summed E-state index contributed by atoms with van der Waals surface area (Å²) in [5.41, 5.74) is 0.842. The van der Waals surface area contributed by atoms with E-state index in [1.165, 1.54) is 6.92 Å². The van der Waals surface area contributed by atoms with E-state index in [1.54, 1.807) is 18.3 Å². The molecule has 1 N–H and O–H groups in total. The summed E-state index contributed by atoms with van der Waals surface area (Å²) >= 11 is 5.80. The van der Waals surface area contributed by atoms with Crippen LogP contribution in [0.2, 0.25) is 5.02 Å². The normalized spacial score (nSPS) is 12.3. The maximum Gasteiger partial charge on any atom is 0.332 e. The third kappa shape index (κ3) is 3.56. The fourth-order valence-corrected chi connectivity index (χ4v) is 1.52. The number of carboxylic acids is 1. The number of aliphatic carboxylic acids is 1. The highest BCUT2D eigenvalue weighted by molar-refractivity contribution is 6.30. The van der Waals surface area contributed by atoms with Crippen LogP contribution in [0.1, 0.15) is 12.8 Å².